The molecule has 10 heteroatoms. The molecule has 0 aliphatic rings. The Morgan fingerprint density at radius 3 is 2.48 bits per heavy atom. The van der Waals surface area contributed by atoms with Crippen LogP contribution in [0, 0.1) is 0 Å². The summed E-state index contributed by atoms with van der Waals surface area (Å²) in [6.07, 6.45) is -2.98. The Morgan fingerprint density at radius 1 is 1.31 bits per heavy atom. The minimum Gasteiger partial charge on any atom is -0.489 e. The number of alkyl halides is 2. The number of carbonyl (C=O) groups is 1. The summed E-state index contributed by atoms with van der Waals surface area (Å²) in [5.41, 5.74) is 0.149. The molecule has 1 aromatic carbocycles. The normalized spacial score (nSPS) is 12.2. The molecule has 0 unspecified atom stereocenters. The molecular formula is C19H24F3N4O3+. The van der Waals surface area contributed by atoms with Gasteiger partial charge in [-0.25, -0.2) is 9.18 Å². The highest BCUT2D eigenvalue weighted by Gasteiger charge is 2.26. The molecule has 0 saturated heterocycles. The number of ether oxygens (including phenoxy) is 2. The van der Waals surface area contributed by atoms with Gasteiger partial charge in [0, 0.05) is 17.7 Å². The molecule has 2 aromatic rings. The SMILES string of the molecule is C[n+]1[nH]c(-c2ccc(OC/C(=C/F)CNC(=O)OC(C)(C)C)cc2)nc1C(F)F. The molecule has 7 nitrogen and oxygen atoms in total. The Morgan fingerprint density at radius 2 is 1.97 bits per heavy atom. The molecule has 0 atom stereocenters. The number of hydrogen-bond acceptors (Lipinski definition) is 4. The molecule has 1 aromatic heterocycles. The molecule has 0 spiro atoms. The van der Waals surface area contributed by atoms with Crippen molar-refractivity contribution in [2.24, 2.45) is 7.05 Å². The number of alkyl carbamates (subject to hydrolysis) is 1. The van der Waals surface area contributed by atoms with E-state index in [2.05, 4.69) is 15.4 Å². The Balaban J connectivity index is 1.90. The van der Waals surface area contributed by atoms with Crippen molar-refractivity contribution in [3.05, 3.63) is 42.0 Å². The molecule has 0 aliphatic heterocycles. The van der Waals surface area contributed by atoms with Gasteiger partial charge < -0.3 is 14.8 Å². The lowest BCUT2D eigenvalue weighted by atomic mass is 10.2. The van der Waals surface area contributed by atoms with Crippen molar-refractivity contribution in [1.82, 2.24) is 15.4 Å². The second-order valence-corrected chi connectivity index (χ2v) is 7.23. The Hall–Kier alpha value is -3.04. The van der Waals surface area contributed by atoms with Crippen molar-refractivity contribution in [2.75, 3.05) is 13.2 Å². The first-order valence-electron chi connectivity index (χ1n) is 8.81. The summed E-state index contributed by atoms with van der Waals surface area (Å²) in [5.74, 6) is 0.367. The number of H-pyrrole nitrogens is 1. The van der Waals surface area contributed by atoms with Gasteiger partial charge >= 0.3 is 18.3 Å². The summed E-state index contributed by atoms with van der Waals surface area (Å²) >= 11 is 0. The number of nitrogens with zero attached hydrogens (tertiary/aromatic N) is 2. The quantitative estimate of drug-likeness (QED) is 0.680. The Kier molecular flexibility index (Phi) is 7.24. The van der Waals surface area contributed by atoms with E-state index in [9.17, 15) is 18.0 Å². The summed E-state index contributed by atoms with van der Waals surface area (Å²) in [4.78, 5) is 15.5. The van der Waals surface area contributed by atoms with Crippen LogP contribution < -0.4 is 14.7 Å². The van der Waals surface area contributed by atoms with E-state index in [1.807, 2.05) is 0 Å². The van der Waals surface area contributed by atoms with Crippen molar-refractivity contribution >= 4 is 6.09 Å². The fourth-order valence-corrected chi connectivity index (χ4v) is 2.26. The second-order valence-electron chi connectivity index (χ2n) is 7.23. The topological polar surface area (TPSA) is 80.1 Å². The number of amides is 1. The first kappa shape index (κ1) is 22.3. The summed E-state index contributed by atoms with van der Waals surface area (Å²) in [7, 11) is 1.45. The molecule has 158 valence electrons. The number of rotatable bonds is 7. The number of aromatic amines is 1. The van der Waals surface area contributed by atoms with E-state index in [0.29, 0.717) is 23.5 Å². The molecule has 2 N–H and O–H groups in total. The van der Waals surface area contributed by atoms with Crippen LogP contribution in [-0.4, -0.2) is 34.9 Å². The minimum atomic E-state index is -2.69. The molecule has 0 bridgehead atoms. The van der Waals surface area contributed by atoms with Gasteiger partial charge in [0.2, 0.25) is 0 Å². The summed E-state index contributed by atoms with van der Waals surface area (Å²) in [6, 6.07) is 6.50. The van der Waals surface area contributed by atoms with Gasteiger partial charge in [0.05, 0.1) is 6.33 Å². The van der Waals surface area contributed by atoms with Crippen molar-refractivity contribution in [2.45, 2.75) is 32.8 Å². The number of nitrogens with one attached hydrogen (secondary N) is 2. The molecular weight excluding hydrogens is 389 g/mol. The summed E-state index contributed by atoms with van der Waals surface area (Å²) in [5, 5.41) is 5.19. The number of carbonyl (C=O) groups excluding carboxylic acids is 1. The highest BCUT2D eigenvalue weighted by molar-refractivity contribution is 5.68. The van der Waals surface area contributed by atoms with Crippen LogP contribution in [0.2, 0.25) is 0 Å². The summed E-state index contributed by atoms with van der Waals surface area (Å²) in [6.45, 7) is 5.02. The van der Waals surface area contributed by atoms with Crippen molar-refractivity contribution in [3.63, 3.8) is 0 Å². The monoisotopic (exact) mass is 413 g/mol. The number of halogens is 3. The van der Waals surface area contributed by atoms with Gasteiger partial charge in [-0.15, -0.1) is 0 Å². The average Bonchev–Trinajstić information content (AvgIpc) is 3.03. The molecule has 29 heavy (non-hydrogen) atoms. The standard InChI is InChI=1S/C19H23F3N4O3/c1-19(2,3)29-18(27)23-10-12(9-20)11-28-14-7-5-13(6-8-14)16-24-17(15(21)22)26(4)25-16/h5-9,15H,10-11H2,1-4H3,(H,23,27)/p+1/b12-9+. The zero-order valence-corrected chi connectivity index (χ0v) is 16.6. The maximum Gasteiger partial charge on any atom is 0.407 e. The molecule has 1 amide bonds. The van der Waals surface area contributed by atoms with E-state index in [1.165, 1.54) is 7.05 Å². The first-order valence-corrected chi connectivity index (χ1v) is 8.81. The van der Waals surface area contributed by atoms with E-state index in [1.54, 1.807) is 45.0 Å². The van der Waals surface area contributed by atoms with Crippen LogP contribution in [0.25, 0.3) is 11.4 Å². The zero-order valence-electron chi connectivity index (χ0n) is 16.6. The maximum absolute atomic E-state index is 13.0. The van der Waals surface area contributed by atoms with Crippen LogP contribution >= 0.6 is 0 Å². The molecule has 1 heterocycles. The van der Waals surface area contributed by atoms with Gasteiger partial charge in [-0.1, -0.05) is 0 Å². The van der Waals surface area contributed by atoms with Gasteiger partial charge in [0.15, 0.2) is 0 Å². The minimum absolute atomic E-state index is 0.0667. The molecule has 0 saturated carbocycles. The van der Waals surface area contributed by atoms with E-state index in [4.69, 9.17) is 9.47 Å². The molecule has 0 aliphatic carbocycles. The predicted octanol–water partition coefficient (Wildman–Crippen LogP) is 3.60. The third-order valence-corrected chi connectivity index (χ3v) is 3.60. The largest absolute Gasteiger partial charge is 0.489 e. The van der Waals surface area contributed by atoms with Crippen molar-refractivity contribution in [1.29, 1.82) is 0 Å². The zero-order chi connectivity index (χ0) is 21.6. The average molecular weight is 413 g/mol. The number of hydrogen-bond donors (Lipinski definition) is 2. The Labute approximate surface area is 166 Å². The number of aromatic nitrogens is 3. The molecule has 0 radical (unpaired) electrons. The third-order valence-electron chi connectivity index (χ3n) is 3.60. The number of aryl methyl sites for hydroxylation is 1. The lowest BCUT2D eigenvalue weighted by molar-refractivity contribution is -0.738. The van der Waals surface area contributed by atoms with Crippen molar-refractivity contribution < 1.29 is 32.1 Å². The van der Waals surface area contributed by atoms with Gasteiger partial charge in [-0.3, -0.25) is 0 Å². The van der Waals surface area contributed by atoms with Gasteiger partial charge in [-0.05, 0) is 50.0 Å². The van der Waals surface area contributed by atoms with Gasteiger partial charge in [-0.2, -0.15) is 18.6 Å². The first-order chi connectivity index (χ1) is 13.6. The van der Waals surface area contributed by atoms with Gasteiger partial charge in [0.1, 0.15) is 25.0 Å². The van der Waals surface area contributed by atoms with Gasteiger partial charge in [0.25, 0.3) is 5.82 Å². The Bertz CT molecular complexity index is 859. The fourth-order valence-electron chi connectivity index (χ4n) is 2.26. The van der Waals surface area contributed by atoms with E-state index in [0.717, 1.165) is 4.68 Å². The fraction of sp³-hybridized carbons (Fsp3) is 0.421. The molecule has 2 rings (SSSR count). The maximum atomic E-state index is 13.0. The number of benzene rings is 1. The highest BCUT2D eigenvalue weighted by atomic mass is 19.3. The van der Waals surface area contributed by atoms with Crippen LogP contribution in [-0.2, 0) is 11.8 Å². The third kappa shape index (κ3) is 6.81. The highest BCUT2D eigenvalue weighted by Crippen LogP contribution is 2.21. The summed E-state index contributed by atoms with van der Waals surface area (Å²) < 4.78 is 50.4. The van der Waals surface area contributed by atoms with Crippen LogP contribution in [0.4, 0.5) is 18.0 Å². The van der Waals surface area contributed by atoms with E-state index >= 15 is 0 Å². The van der Waals surface area contributed by atoms with Crippen molar-refractivity contribution in [3.8, 4) is 17.1 Å². The smallest absolute Gasteiger partial charge is 0.407 e. The van der Waals surface area contributed by atoms with E-state index < -0.39 is 18.1 Å². The van der Waals surface area contributed by atoms with Crippen LogP contribution in [0.15, 0.2) is 36.2 Å². The van der Waals surface area contributed by atoms with E-state index in [-0.39, 0.29) is 24.5 Å². The molecule has 0 fully saturated rings. The van der Waals surface area contributed by atoms with Crippen LogP contribution in [0.5, 0.6) is 5.75 Å². The lowest BCUT2D eigenvalue weighted by Crippen LogP contribution is -2.34. The second kappa shape index (κ2) is 9.44. The van der Waals surface area contributed by atoms with Crippen LogP contribution in [0.1, 0.15) is 33.0 Å². The predicted molar refractivity (Wildman–Crippen MR) is 99.1 cm³/mol. The lowest BCUT2D eigenvalue weighted by Gasteiger charge is -2.20. The van der Waals surface area contributed by atoms with Crippen LogP contribution in [0.3, 0.4) is 0 Å².